The number of methoxy groups -OCH3 is 1. The van der Waals surface area contributed by atoms with Gasteiger partial charge in [0.25, 0.3) is 5.56 Å². The second-order valence-corrected chi connectivity index (χ2v) is 9.19. The molecule has 3 rings (SSSR count). The van der Waals surface area contributed by atoms with Gasteiger partial charge in [0.05, 0.1) is 13.7 Å². The molecule has 10 heteroatoms. The van der Waals surface area contributed by atoms with Crippen LogP contribution in [-0.4, -0.2) is 40.6 Å². The standard InChI is InChI=1S/C27H33N5O5/c1-17(2)14-18-8-6-10-21-20(18)15-19(29-21)16-32-13-7-11-23(26(32)35)30-25(34)22(31-27(36)37-3)9-4-5-12-24(28)33/h5-8,10-13,15,17,22,29H,4,9,14,16H2,1-3H3,(H2,28,33)(H,30,34)(H,31,36)/b12-5+. The largest absolute Gasteiger partial charge is 0.453 e. The van der Waals surface area contributed by atoms with Gasteiger partial charge in [-0.25, -0.2) is 4.79 Å². The molecule has 0 saturated heterocycles. The van der Waals surface area contributed by atoms with Crippen LogP contribution in [-0.2, 0) is 27.3 Å². The molecule has 2 heterocycles. The fourth-order valence-electron chi connectivity index (χ4n) is 4.07. The van der Waals surface area contributed by atoms with Crippen LogP contribution in [0, 0.1) is 5.92 Å². The van der Waals surface area contributed by atoms with E-state index in [1.807, 2.05) is 12.1 Å². The fourth-order valence-corrected chi connectivity index (χ4v) is 4.07. The first kappa shape index (κ1) is 27.3. The monoisotopic (exact) mass is 507 g/mol. The fraction of sp³-hybridized carbons (Fsp3) is 0.333. The number of amides is 3. The number of pyridine rings is 1. The summed E-state index contributed by atoms with van der Waals surface area (Å²) in [5, 5.41) is 6.18. The number of primary amides is 1. The summed E-state index contributed by atoms with van der Waals surface area (Å²) < 4.78 is 6.10. The van der Waals surface area contributed by atoms with E-state index in [1.165, 1.54) is 35.5 Å². The number of H-pyrrole nitrogens is 1. The summed E-state index contributed by atoms with van der Waals surface area (Å²) in [5.41, 5.74) is 7.88. The number of hydrogen-bond donors (Lipinski definition) is 4. The van der Waals surface area contributed by atoms with Crippen molar-refractivity contribution in [3.05, 3.63) is 76.4 Å². The number of allylic oxidation sites excluding steroid dienone is 1. The average molecular weight is 508 g/mol. The van der Waals surface area contributed by atoms with Crippen LogP contribution in [0.4, 0.5) is 10.5 Å². The highest BCUT2D eigenvalue weighted by Gasteiger charge is 2.22. The molecular formula is C27H33N5O5. The Morgan fingerprint density at radius 2 is 1.97 bits per heavy atom. The van der Waals surface area contributed by atoms with E-state index >= 15 is 0 Å². The third kappa shape index (κ3) is 7.57. The molecule has 0 bridgehead atoms. The van der Waals surface area contributed by atoms with Gasteiger partial charge in [0, 0.05) is 22.8 Å². The van der Waals surface area contributed by atoms with Crippen molar-refractivity contribution >= 4 is 34.5 Å². The van der Waals surface area contributed by atoms with Crippen LogP contribution in [0.3, 0.4) is 0 Å². The topological polar surface area (TPSA) is 148 Å². The number of hydrogen-bond acceptors (Lipinski definition) is 5. The minimum absolute atomic E-state index is 0.0773. The Morgan fingerprint density at radius 3 is 2.68 bits per heavy atom. The summed E-state index contributed by atoms with van der Waals surface area (Å²) in [7, 11) is 1.18. The maximum absolute atomic E-state index is 13.1. The van der Waals surface area contributed by atoms with E-state index in [2.05, 4.69) is 46.3 Å². The van der Waals surface area contributed by atoms with E-state index in [9.17, 15) is 19.2 Å². The van der Waals surface area contributed by atoms with Crippen molar-refractivity contribution in [2.45, 2.75) is 45.7 Å². The molecule has 3 aromatic rings. The number of rotatable bonds is 11. The van der Waals surface area contributed by atoms with Gasteiger partial charge in [0.2, 0.25) is 11.8 Å². The minimum atomic E-state index is -0.994. The van der Waals surface area contributed by atoms with E-state index in [0.717, 1.165) is 23.0 Å². The number of carbonyl (C=O) groups excluding carboxylic acids is 3. The number of aromatic amines is 1. The van der Waals surface area contributed by atoms with Crippen molar-refractivity contribution in [1.29, 1.82) is 0 Å². The number of alkyl carbamates (subject to hydrolysis) is 1. The van der Waals surface area contributed by atoms with E-state index in [0.29, 0.717) is 18.9 Å². The summed E-state index contributed by atoms with van der Waals surface area (Å²) in [4.78, 5) is 52.0. The number of nitrogens with zero attached hydrogens (tertiary/aromatic N) is 1. The molecule has 0 spiro atoms. The van der Waals surface area contributed by atoms with Gasteiger partial charge >= 0.3 is 6.09 Å². The first-order chi connectivity index (χ1) is 17.7. The number of anilines is 1. The van der Waals surface area contributed by atoms with Crippen molar-refractivity contribution in [2.75, 3.05) is 12.4 Å². The van der Waals surface area contributed by atoms with Gasteiger partial charge in [-0.15, -0.1) is 0 Å². The molecule has 0 aliphatic rings. The zero-order valence-electron chi connectivity index (χ0n) is 21.2. The number of nitrogens with two attached hydrogens (primary N) is 1. The second-order valence-electron chi connectivity index (χ2n) is 9.19. The summed E-state index contributed by atoms with van der Waals surface area (Å²) >= 11 is 0. The Bertz CT molecular complexity index is 1350. The Balaban J connectivity index is 1.78. The first-order valence-electron chi connectivity index (χ1n) is 12.1. The van der Waals surface area contributed by atoms with Crippen molar-refractivity contribution in [3.63, 3.8) is 0 Å². The number of ether oxygens (including phenoxy) is 1. The third-order valence-electron chi connectivity index (χ3n) is 5.76. The van der Waals surface area contributed by atoms with Crippen molar-refractivity contribution in [2.24, 2.45) is 11.7 Å². The van der Waals surface area contributed by atoms with Crippen molar-refractivity contribution in [1.82, 2.24) is 14.9 Å². The molecule has 3 amide bonds. The van der Waals surface area contributed by atoms with Crippen LogP contribution in [0.5, 0.6) is 0 Å². The van der Waals surface area contributed by atoms with Gasteiger partial charge in [0.15, 0.2) is 0 Å². The van der Waals surface area contributed by atoms with Gasteiger partial charge in [-0.05, 0) is 61.1 Å². The molecule has 1 atom stereocenters. The van der Waals surface area contributed by atoms with Gasteiger partial charge in [-0.3, -0.25) is 14.4 Å². The smallest absolute Gasteiger partial charge is 0.407 e. The lowest BCUT2D eigenvalue weighted by Crippen LogP contribution is -2.44. The molecule has 0 saturated carbocycles. The van der Waals surface area contributed by atoms with E-state index < -0.39 is 23.9 Å². The summed E-state index contributed by atoms with van der Waals surface area (Å²) in [6.07, 6.45) is 4.96. The number of aromatic nitrogens is 2. The first-order valence-corrected chi connectivity index (χ1v) is 12.1. The number of fused-ring (bicyclic) bond motifs is 1. The predicted molar refractivity (Wildman–Crippen MR) is 142 cm³/mol. The molecule has 196 valence electrons. The van der Waals surface area contributed by atoms with Gasteiger partial charge in [0.1, 0.15) is 11.7 Å². The molecule has 5 N–H and O–H groups in total. The van der Waals surface area contributed by atoms with Crippen molar-refractivity contribution < 1.29 is 19.1 Å². The summed E-state index contributed by atoms with van der Waals surface area (Å²) in [6, 6.07) is 10.4. The van der Waals surface area contributed by atoms with E-state index in [-0.39, 0.29) is 17.7 Å². The Kier molecular flexibility index (Phi) is 9.26. The Morgan fingerprint density at radius 1 is 1.19 bits per heavy atom. The molecule has 37 heavy (non-hydrogen) atoms. The zero-order chi connectivity index (χ0) is 26.9. The SMILES string of the molecule is COC(=O)NC(CC/C=C/C(N)=O)C(=O)Nc1cccn(Cc2cc3c(CC(C)C)cccc3[nH]2)c1=O. The molecule has 2 aromatic heterocycles. The van der Waals surface area contributed by atoms with Gasteiger partial charge < -0.3 is 30.7 Å². The lowest BCUT2D eigenvalue weighted by atomic mass is 10.00. The minimum Gasteiger partial charge on any atom is -0.453 e. The quantitative estimate of drug-likeness (QED) is 0.294. The maximum Gasteiger partial charge on any atom is 0.407 e. The lowest BCUT2D eigenvalue weighted by Gasteiger charge is -2.17. The molecule has 0 aliphatic carbocycles. The predicted octanol–water partition coefficient (Wildman–Crippen LogP) is 3.06. The second kappa shape index (κ2) is 12.6. The van der Waals surface area contributed by atoms with Gasteiger partial charge in [-0.1, -0.05) is 32.1 Å². The number of nitrogens with one attached hydrogen (secondary N) is 3. The lowest BCUT2D eigenvalue weighted by molar-refractivity contribution is -0.118. The maximum atomic E-state index is 13.1. The molecular weight excluding hydrogens is 474 g/mol. The highest BCUT2D eigenvalue weighted by atomic mass is 16.5. The number of carbonyl (C=O) groups is 3. The van der Waals surface area contributed by atoms with Crippen LogP contribution in [0.1, 0.15) is 37.9 Å². The summed E-state index contributed by atoms with van der Waals surface area (Å²) in [5.74, 6) is -0.682. The highest BCUT2D eigenvalue weighted by molar-refractivity contribution is 5.96. The normalized spacial score (nSPS) is 12.1. The zero-order valence-corrected chi connectivity index (χ0v) is 21.2. The Hall–Kier alpha value is -4.34. The summed E-state index contributed by atoms with van der Waals surface area (Å²) in [6.45, 7) is 4.64. The van der Waals surface area contributed by atoms with Crippen LogP contribution < -0.4 is 21.9 Å². The van der Waals surface area contributed by atoms with Crippen molar-refractivity contribution in [3.8, 4) is 0 Å². The van der Waals surface area contributed by atoms with Crippen LogP contribution in [0.15, 0.2) is 59.5 Å². The van der Waals surface area contributed by atoms with Gasteiger partial charge in [-0.2, -0.15) is 0 Å². The Labute approximate surface area is 214 Å². The molecule has 1 unspecified atom stereocenters. The van der Waals surface area contributed by atoms with E-state index in [4.69, 9.17) is 5.73 Å². The van der Waals surface area contributed by atoms with Crippen LogP contribution in [0.25, 0.3) is 10.9 Å². The number of benzene rings is 1. The third-order valence-corrected chi connectivity index (χ3v) is 5.76. The highest BCUT2D eigenvalue weighted by Crippen LogP contribution is 2.23. The molecule has 0 fully saturated rings. The van der Waals surface area contributed by atoms with Crippen LogP contribution >= 0.6 is 0 Å². The molecule has 1 aromatic carbocycles. The average Bonchev–Trinajstić information content (AvgIpc) is 3.26. The van der Waals surface area contributed by atoms with Crippen LogP contribution in [0.2, 0.25) is 0 Å². The molecule has 0 radical (unpaired) electrons. The van der Waals surface area contributed by atoms with E-state index in [1.54, 1.807) is 12.3 Å². The molecule has 10 nitrogen and oxygen atoms in total. The molecule has 0 aliphatic heterocycles.